The Morgan fingerprint density at radius 3 is 2.89 bits per heavy atom. The Labute approximate surface area is 116 Å². The Morgan fingerprint density at radius 1 is 1.37 bits per heavy atom. The van der Waals surface area contributed by atoms with Crippen LogP contribution >= 0.6 is 0 Å². The highest BCUT2D eigenvalue weighted by Crippen LogP contribution is 2.12. The highest BCUT2D eigenvalue weighted by atomic mass is 16.5. The summed E-state index contributed by atoms with van der Waals surface area (Å²) in [7, 11) is 1.72. The number of methoxy groups -OCH3 is 1. The fraction of sp³-hybridized carbons (Fsp3) is 0.786. The van der Waals surface area contributed by atoms with Crippen molar-refractivity contribution in [3.05, 3.63) is 12.4 Å². The third kappa shape index (κ3) is 4.21. The Hall–Kier alpha value is -1.07. The molecule has 2 heterocycles. The van der Waals surface area contributed by atoms with Crippen LogP contribution in [0.1, 0.15) is 26.2 Å². The quantitative estimate of drug-likeness (QED) is 0.817. The van der Waals surface area contributed by atoms with Gasteiger partial charge in [0, 0.05) is 38.6 Å². The van der Waals surface area contributed by atoms with Gasteiger partial charge in [-0.2, -0.15) is 0 Å². The summed E-state index contributed by atoms with van der Waals surface area (Å²) in [6, 6.07) is 0.563. The van der Waals surface area contributed by atoms with Crippen molar-refractivity contribution in [2.45, 2.75) is 38.8 Å². The molecule has 2 rings (SSSR count). The molecule has 1 saturated heterocycles. The van der Waals surface area contributed by atoms with Crippen LogP contribution in [0.3, 0.4) is 0 Å². The molecule has 0 amide bonds. The number of nitrogens with one attached hydrogen (secondary N) is 1. The minimum Gasteiger partial charge on any atom is -0.383 e. The maximum Gasteiger partial charge on any atom is 0.202 e. The summed E-state index contributed by atoms with van der Waals surface area (Å²) < 4.78 is 7.21. The summed E-state index contributed by atoms with van der Waals surface area (Å²) in [5, 5.41) is 3.45. The second-order valence-corrected chi connectivity index (χ2v) is 5.26. The standard InChI is InChI=1S/C14H26N4O/c1-13(17-7-4-3-5-8-17)12-16-14-15-6-9-18(14)10-11-19-2/h6,9,13H,3-5,7-8,10-12H2,1-2H3,(H,15,16). The average Bonchev–Trinajstić information content (AvgIpc) is 2.91. The molecule has 108 valence electrons. The molecule has 0 bridgehead atoms. The predicted molar refractivity (Wildman–Crippen MR) is 77.5 cm³/mol. The topological polar surface area (TPSA) is 42.3 Å². The molecular formula is C14H26N4O. The van der Waals surface area contributed by atoms with Gasteiger partial charge in [-0.25, -0.2) is 4.98 Å². The van der Waals surface area contributed by atoms with Gasteiger partial charge >= 0.3 is 0 Å². The largest absolute Gasteiger partial charge is 0.383 e. The van der Waals surface area contributed by atoms with Crippen molar-refractivity contribution in [1.82, 2.24) is 14.5 Å². The molecule has 1 atom stereocenters. The number of anilines is 1. The summed E-state index contributed by atoms with van der Waals surface area (Å²) in [5.74, 6) is 0.945. The first-order valence-electron chi connectivity index (χ1n) is 7.29. The van der Waals surface area contributed by atoms with E-state index in [9.17, 15) is 0 Å². The number of nitrogens with zero attached hydrogens (tertiary/aromatic N) is 3. The van der Waals surface area contributed by atoms with Crippen LogP contribution < -0.4 is 5.32 Å². The molecule has 19 heavy (non-hydrogen) atoms. The van der Waals surface area contributed by atoms with Crippen molar-refractivity contribution in [2.24, 2.45) is 0 Å². The molecule has 0 aliphatic carbocycles. The first kappa shape index (κ1) is 14.3. The lowest BCUT2D eigenvalue weighted by Crippen LogP contribution is -2.41. The minimum absolute atomic E-state index is 0.563. The van der Waals surface area contributed by atoms with E-state index in [0.717, 1.165) is 19.0 Å². The maximum atomic E-state index is 5.11. The Bertz CT molecular complexity index is 360. The average molecular weight is 266 g/mol. The molecule has 1 N–H and O–H groups in total. The summed E-state index contributed by atoms with van der Waals surface area (Å²) >= 11 is 0. The fourth-order valence-electron chi connectivity index (χ4n) is 2.57. The molecule has 1 unspecified atom stereocenters. The molecule has 0 spiro atoms. The van der Waals surface area contributed by atoms with Gasteiger partial charge in [0.25, 0.3) is 0 Å². The third-order valence-electron chi connectivity index (χ3n) is 3.82. The zero-order chi connectivity index (χ0) is 13.5. The van der Waals surface area contributed by atoms with Gasteiger partial charge in [0.05, 0.1) is 6.61 Å². The molecule has 1 aliphatic heterocycles. The van der Waals surface area contributed by atoms with E-state index in [2.05, 4.69) is 26.7 Å². The number of piperidine rings is 1. The van der Waals surface area contributed by atoms with Crippen LogP contribution in [0.25, 0.3) is 0 Å². The second kappa shape index (κ2) is 7.50. The zero-order valence-corrected chi connectivity index (χ0v) is 12.1. The number of rotatable bonds is 7. The van der Waals surface area contributed by atoms with Crippen LogP contribution in [0.15, 0.2) is 12.4 Å². The number of hydrogen-bond donors (Lipinski definition) is 1. The normalized spacial score (nSPS) is 18.4. The second-order valence-electron chi connectivity index (χ2n) is 5.26. The predicted octanol–water partition coefficient (Wildman–Crippen LogP) is 1.82. The smallest absolute Gasteiger partial charge is 0.202 e. The van der Waals surface area contributed by atoms with E-state index in [1.165, 1.54) is 32.4 Å². The summed E-state index contributed by atoms with van der Waals surface area (Å²) in [5.41, 5.74) is 0. The van der Waals surface area contributed by atoms with Gasteiger partial charge in [-0.15, -0.1) is 0 Å². The van der Waals surface area contributed by atoms with Gasteiger partial charge in [0.15, 0.2) is 0 Å². The van der Waals surface area contributed by atoms with E-state index in [-0.39, 0.29) is 0 Å². The molecule has 0 radical (unpaired) electrons. The lowest BCUT2D eigenvalue weighted by atomic mass is 10.1. The van der Waals surface area contributed by atoms with Crippen LogP contribution in [0.5, 0.6) is 0 Å². The lowest BCUT2D eigenvalue weighted by Gasteiger charge is -2.32. The van der Waals surface area contributed by atoms with Crippen LogP contribution in [0.4, 0.5) is 5.95 Å². The molecule has 0 aromatic carbocycles. The molecular weight excluding hydrogens is 240 g/mol. The number of ether oxygens (including phenoxy) is 1. The van der Waals surface area contributed by atoms with Crippen LogP contribution in [-0.4, -0.2) is 53.8 Å². The minimum atomic E-state index is 0.563. The molecule has 1 aliphatic rings. The van der Waals surface area contributed by atoms with Gasteiger partial charge in [0.1, 0.15) is 0 Å². The molecule has 5 nitrogen and oxygen atoms in total. The monoisotopic (exact) mass is 266 g/mol. The Kier molecular flexibility index (Phi) is 5.66. The summed E-state index contributed by atoms with van der Waals surface area (Å²) in [4.78, 5) is 6.93. The number of imidazole rings is 1. The summed E-state index contributed by atoms with van der Waals surface area (Å²) in [6.07, 6.45) is 7.90. The highest BCUT2D eigenvalue weighted by molar-refractivity contribution is 5.26. The van der Waals surface area contributed by atoms with Gasteiger partial charge < -0.3 is 14.6 Å². The van der Waals surface area contributed by atoms with Gasteiger partial charge in [-0.1, -0.05) is 6.42 Å². The van der Waals surface area contributed by atoms with Crippen molar-refractivity contribution in [3.8, 4) is 0 Å². The van der Waals surface area contributed by atoms with Gasteiger partial charge in [-0.05, 0) is 32.9 Å². The van der Waals surface area contributed by atoms with E-state index in [1.807, 2.05) is 12.4 Å². The number of aromatic nitrogens is 2. The highest BCUT2D eigenvalue weighted by Gasteiger charge is 2.16. The van der Waals surface area contributed by atoms with Crippen LogP contribution in [0, 0.1) is 0 Å². The molecule has 1 aromatic heterocycles. The first-order valence-corrected chi connectivity index (χ1v) is 7.29. The SMILES string of the molecule is COCCn1ccnc1NCC(C)N1CCCCC1. The summed E-state index contributed by atoms with van der Waals surface area (Å²) in [6.45, 7) is 7.27. The fourth-order valence-corrected chi connectivity index (χ4v) is 2.57. The van der Waals surface area contributed by atoms with E-state index in [4.69, 9.17) is 4.74 Å². The van der Waals surface area contributed by atoms with Crippen molar-refractivity contribution in [2.75, 3.05) is 38.7 Å². The van der Waals surface area contributed by atoms with Crippen LogP contribution in [0.2, 0.25) is 0 Å². The molecule has 1 fully saturated rings. The first-order chi connectivity index (χ1) is 9.31. The van der Waals surface area contributed by atoms with E-state index < -0.39 is 0 Å². The molecule has 5 heteroatoms. The van der Waals surface area contributed by atoms with E-state index in [1.54, 1.807) is 7.11 Å². The van der Waals surface area contributed by atoms with Crippen molar-refractivity contribution in [3.63, 3.8) is 0 Å². The van der Waals surface area contributed by atoms with Crippen molar-refractivity contribution in [1.29, 1.82) is 0 Å². The lowest BCUT2D eigenvalue weighted by molar-refractivity contribution is 0.180. The van der Waals surface area contributed by atoms with Crippen molar-refractivity contribution >= 4 is 5.95 Å². The van der Waals surface area contributed by atoms with Crippen molar-refractivity contribution < 1.29 is 4.74 Å². The number of likely N-dealkylation sites (tertiary alicyclic amines) is 1. The zero-order valence-electron chi connectivity index (χ0n) is 12.1. The van der Waals surface area contributed by atoms with E-state index >= 15 is 0 Å². The van der Waals surface area contributed by atoms with Gasteiger partial charge in [0.2, 0.25) is 5.95 Å². The third-order valence-corrected chi connectivity index (χ3v) is 3.82. The maximum absolute atomic E-state index is 5.11. The number of hydrogen-bond acceptors (Lipinski definition) is 4. The molecule has 1 aromatic rings. The van der Waals surface area contributed by atoms with Gasteiger partial charge in [-0.3, -0.25) is 4.90 Å². The van der Waals surface area contributed by atoms with E-state index in [0.29, 0.717) is 12.6 Å². The Morgan fingerprint density at radius 2 is 2.16 bits per heavy atom. The Balaban J connectivity index is 1.79. The molecule has 0 saturated carbocycles. The van der Waals surface area contributed by atoms with Crippen LogP contribution in [-0.2, 0) is 11.3 Å².